The average molecular weight is 655 g/mol. The third-order valence-electron chi connectivity index (χ3n) is 9.87. The van der Waals surface area contributed by atoms with E-state index >= 15 is 0 Å². The van der Waals surface area contributed by atoms with Crippen molar-refractivity contribution in [3.8, 4) is 39.9 Å². The van der Waals surface area contributed by atoms with Crippen LogP contribution < -0.4 is 0 Å². The lowest BCUT2D eigenvalue weighted by atomic mass is 10.1. The van der Waals surface area contributed by atoms with Gasteiger partial charge < -0.3 is 13.4 Å². The van der Waals surface area contributed by atoms with Gasteiger partial charge in [-0.15, -0.1) is 0 Å². The molecule has 0 radical (unpaired) electrons. The summed E-state index contributed by atoms with van der Waals surface area (Å²) >= 11 is 0. The second-order valence-corrected chi connectivity index (χ2v) is 12.8. The number of aromatic nitrogens is 4. The van der Waals surface area contributed by atoms with Crippen LogP contribution in [0, 0.1) is 0 Å². The molecule has 6 heteroatoms. The first-order valence-corrected chi connectivity index (χ1v) is 17.0. The highest BCUT2D eigenvalue weighted by atomic mass is 16.3. The lowest BCUT2D eigenvalue weighted by Gasteiger charge is -2.08. The molecule has 0 bridgehead atoms. The van der Waals surface area contributed by atoms with Gasteiger partial charge in [-0.1, -0.05) is 121 Å². The van der Waals surface area contributed by atoms with E-state index in [1.807, 2.05) is 72.8 Å². The van der Waals surface area contributed by atoms with Crippen LogP contribution in [0.5, 0.6) is 0 Å². The van der Waals surface area contributed by atoms with Crippen molar-refractivity contribution in [1.82, 2.24) is 19.5 Å². The van der Waals surface area contributed by atoms with Crippen LogP contribution in [0.2, 0.25) is 0 Å². The molecular weight excluding hydrogens is 629 g/mol. The Kier molecular flexibility index (Phi) is 5.86. The van der Waals surface area contributed by atoms with Gasteiger partial charge in [0.2, 0.25) is 0 Å². The van der Waals surface area contributed by atoms with Gasteiger partial charge in [-0.3, -0.25) is 0 Å². The van der Waals surface area contributed by atoms with Crippen LogP contribution in [-0.4, -0.2) is 19.5 Å². The molecule has 0 aliphatic heterocycles. The third-order valence-corrected chi connectivity index (χ3v) is 9.87. The second-order valence-electron chi connectivity index (χ2n) is 12.8. The van der Waals surface area contributed by atoms with Crippen molar-refractivity contribution in [3.05, 3.63) is 158 Å². The number of nitrogens with zero attached hydrogens (tertiary/aromatic N) is 4. The Bertz CT molecular complexity index is 3030. The molecule has 238 valence electrons. The van der Waals surface area contributed by atoms with E-state index in [9.17, 15) is 0 Å². The van der Waals surface area contributed by atoms with Crippen LogP contribution in [0.4, 0.5) is 0 Å². The van der Waals surface area contributed by atoms with Crippen LogP contribution in [0.3, 0.4) is 0 Å². The molecule has 0 aliphatic carbocycles. The first kappa shape index (κ1) is 27.9. The van der Waals surface area contributed by atoms with E-state index in [0.29, 0.717) is 17.5 Å². The maximum absolute atomic E-state index is 6.91. The summed E-state index contributed by atoms with van der Waals surface area (Å²) in [5, 5.41) is 6.34. The van der Waals surface area contributed by atoms with Gasteiger partial charge in [-0.25, -0.2) is 15.0 Å². The fourth-order valence-corrected chi connectivity index (χ4v) is 7.59. The van der Waals surface area contributed by atoms with Crippen molar-refractivity contribution < 1.29 is 8.83 Å². The summed E-state index contributed by atoms with van der Waals surface area (Å²) in [6, 6.07) is 53.8. The molecule has 11 rings (SSSR count). The van der Waals surface area contributed by atoms with E-state index in [1.165, 1.54) is 10.8 Å². The zero-order chi connectivity index (χ0) is 33.5. The van der Waals surface area contributed by atoms with Crippen LogP contribution in [0.15, 0.2) is 167 Å². The number of rotatable bonds is 4. The lowest BCUT2D eigenvalue weighted by Crippen LogP contribution is -2.00. The topological polar surface area (TPSA) is 69.9 Å². The number of furan rings is 2. The van der Waals surface area contributed by atoms with Gasteiger partial charge in [0, 0.05) is 38.1 Å². The molecule has 0 fully saturated rings. The van der Waals surface area contributed by atoms with Crippen molar-refractivity contribution in [2.75, 3.05) is 0 Å². The van der Waals surface area contributed by atoms with E-state index in [2.05, 4.69) is 89.5 Å². The van der Waals surface area contributed by atoms with E-state index < -0.39 is 0 Å². The zero-order valence-electron chi connectivity index (χ0n) is 27.1. The van der Waals surface area contributed by atoms with Gasteiger partial charge in [0.05, 0.1) is 27.7 Å². The number of fused-ring (bicyclic) bond motifs is 10. The first-order chi connectivity index (χ1) is 25.3. The summed E-state index contributed by atoms with van der Waals surface area (Å²) in [7, 11) is 0. The Hall–Kier alpha value is -7.05. The van der Waals surface area contributed by atoms with Gasteiger partial charge in [0.25, 0.3) is 0 Å². The largest absolute Gasteiger partial charge is 0.454 e. The van der Waals surface area contributed by atoms with Crippen LogP contribution in [0.1, 0.15) is 0 Å². The lowest BCUT2D eigenvalue weighted by molar-refractivity contribution is 0.661. The summed E-state index contributed by atoms with van der Waals surface area (Å²) in [4.78, 5) is 14.9. The fourth-order valence-electron chi connectivity index (χ4n) is 7.59. The van der Waals surface area contributed by atoms with Crippen molar-refractivity contribution in [3.63, 3.8) is 0 Å². The minimum Gasteiger partial charge on any atom is -0.454 e. The Morgan fingerprint density at radius 3 is 1.61 bits per heavy atom. The van der Waals surface area contributed by atoms with Gasteiger partial charge in [0.15, 0.2) is 23.1 Å². The molecule has 0 atom stereocenters. The Labute approximate surface area is 290 Å². The molecule has 0 unspecified atom stereocenters. The standard InChI is InChI=1S/C45H26N4O2/c1-3-13-27(14-4-1)43-46-44(28-15-5-2-6-16-28)48-45(47-43)34-21-11-19-31-32-25-26-38-39(42(32)51-40(31)34)33-20-12-24-37(41(33)50-38)49-35-22-9-7-17-29(35)30-18-8-10-23-36(30)49/h1-26H. The molecule has 11 aromatic rings. The predicted octanol–water partition coefficient (Wildman–Crippen LogP) is 11.8. The summed E-state index contributed by atoms with van der Waals surface area (Å²) < 4.78 is 16.0. The van der Waals surface area contributed by atoms with Crippen LogP contribution in [0.25, 0.3) is 106 Å². The highest BCUT2D eigenvalue weighted by Gasteiger charge is 2.23. The number of hydrogen-bond donors (Lipinski definition) is 0. The maximum Gasteiger partial charge on any atom is 0.167 e. The van der Waals surface area contributed by atoms with Crippen LogP contribution in [-0.2, 0) is 0 Å². The maximum atomic E-state index is 6.91. The zero-order valence-corrected chi connectivity index (χ0v) is 27.1. The van der Waals surface area contributed by atoms with Gasteiger partial charge in [0.1, 0.15) is 16.7 Å². The van der Waals surface area contributed by atoms with Gasteiger partial charge >= 0.3 is 0 Å². The fraction of sp³-hybridized carbons (Fsp3) is 0. The third kappa shape index (κ3) is 4.14. The summed E-state index contributed by atoms with van der Waals surface area (Å²) in [6.45, 7) is 0. The average Bonchev–Trinajstić information content (AvgIpc) is 3.88. The SMILES string of the molecule is c1ccc(-c2nc(-c3ccccc3)nc(-c3cccc4c3oc3c4ccc4oc5c(-n6c7ccccc7c7ccccc76)cccc5c43)n2)cc1. The van der Waals surface area contributed by atoms with E-state index in [-0.39, 0.29) is 0 Å². The quantitative estimate of drug-likeness (QED) is 0.189. The summed E-state index contributed by atoms with van der Waals surface area (Å²) in [5.41, 5.74) is 8.95. The van der Waals surface area contributed by atoms with Crippen molar-refractivity contribution >= 4 is 65.7 Å². The first-order valence-electron chi connectivity index (χ1n) is 17.0. The smallest absolute Gasteiger partial charge is 0.167 e. The summed E-state index contributed by atoms with van der Waals surface area (Å²) in [6.07, 6.45) is 0. The van der Waals surface area contributed by atoms with E-state index in [4.69, 9.17) is 23.8 Å². The van der Waals surface area contributed by atoms with E-state index in [1.54, 1.807) is 0 Å². The van der Waals surface area contributed by atoms with E-state index in [0.717, 1.165) is 77.3 Å². The van der Waals surface area contributed by atoms with Crippen LogP contribution >= 0.6 is 0 Å². The number of para-hydroxylation sites is 4. The molecule has 4 heterocycles. The number of benzene rings is 7. The highest BCUT2D eigenvalue weighted by Crippen LogP contribution is 2.44. The van der Waals surface area contributed by atoms with Crippen molar-refractivity contribution in [2.45, 2.75) is 0 Å². The second kappa shape index (κ2) is 10.7. The molecule has 6 nitrogen and oxygen atoms in total. The highest BCUT2D eigenvalue weighted by molar-refractivity contribution is 6.24. The molecule has 0 amide bonds. The number of hydrogen-bond acceptors (Lipinski definition) is 5. The molecule has 51 heavy (non-hydrogen) atoms. The van der Waals surface area contributed by atoms with Crippen molar-refractivity contribution in [2.24, 2.45) is 0 Å². The molecule has 0 N–H and O–H groups in total. The monoisotopic (exact) mass is 654 g/mol. The predicted molar refractivity (Wildman–Crippen MR) is 205 cm³/mol. The molecule has 7 aromatic carbocycles. The molecule has 0 saturated carbocycles. The Balaban J connectivity index is 1.16. The minimum atomic E-state index is 0.550. The Morgan fingerprint density at radius 2 is 0.922 bits per heavy atom. The Morgan fingerprint density at radius 1 is 0.373 bits per heavy atom. The normalized spacial score (nSPS) is 11.9. The molecular formula is C45H26N4O2. The van der Waals surface area contributed by atoms with Gasteiger partial charge in [-0.05, 0) is 36.4 Å². The minimum absolute atomic E-state index is 0.550. The molecule has 0 spiro atoms. The summed E-state index contributed by atoms with van der Waals surface area (Å²) in [5.74, 6) is 1.76. The molecule has 0 aliphatic rings. The van der Waals surface area contributed by atoms with Gasteiger partial charge in [-0.2, -0.15) is 0 Å². The molecule has 4 aromatic heterocycles. The molecule has 0 saturated heterocycles. The van der Waals surface area contributed by atoms with Crippen molar-refractivity contribution in [1.29, 1.82) is 0 Å².